The summed E-state index contributed by atoms with van der Waals surface area (Å²) in [7, 11) is 0. The first-order chi connectivity index (χ1) is 25.7. The molecule has 52 heavy (non-hydrogen) atoms. The zero-order valence-electron chi connectivity index (χ0n) is 28.4. The Bertz CT molecular complexity index is 2430. The van der Waals surface area contributed by atoms with E-state index in [-0.39, 0.29) is 17.7 Å². The summed E-state index contributed by atoms with van der Waals surface area (Å²) < 4.78 is 0. The summed E-state index contributed by atoms with van der Waals surface area (Å²) in [6, 6.07) is 59.9. The first-order valence-corrected chi connectivity index (χ1v) is 17.9. The Morgan fingerprint density at radius 2 is 0.942 bits per heavy atom. The molecule has 1 aliphatic heterocycles. The highest BCUT2D eigenvalue weighted by Gasteiger charge is 2.43. The van der Waals surface area contributed by atoms with Crippen LogP contribution in [0, 0.1) is 0 Å². The van der Waals surface area contributed by atoms with E-state index in [4.69, 9.17) is 0 Å². The smallest absolute Gasteiger partial charge is 0.196 e. The van der Waals surface area contributed by atoms with Gasteiger partial charge in [0.15, 0.2) is 5.78 Å². The standard InChI is InChI=1S/C49H34N2O/c52-49-45-17-8-7-15-41(45)43-31-32-44-42-16-9-10-18-46(42)51(48(44)47(43)49)40-29-27-39(28-30-40)50(37-23-19-35(20-24-37)33-11-3-1-4-12-33)38-25-21-36(22-26-38)34-13-5-2-6-14-34/h1-32,42,46H. The van der Waals surface area contributed by atoms with Crippen LogP contribution in [0.4, 0.5) is 28.4 Å². The number of ketones is 1. The minimum Gasteiger partial charge on any atom is -0.333 e. The van der Waals surface area contributed by atoms with Crippen LogP contribution in [0.15, 0.2) is 194 Å². The summed E-state index contributed by atoms with van der Waals surface area (Å²) in [6.45, 7) is 0. The van der Waals surface area contributed by atoms with Gasteiger partial charge in [-0.2, -0.15) is 0 Å². The second-order valence-electron chi connectivity index (χ2n) is 13.6. The van der Waals surface area contributed by atoms with Crippen LogP contribution in [-0.4, -0.2) is 11.8 Å². The predicted octanol–water partition coefficient (Wildman–Crippen LogP) is 12.4. The fraction of sp³-hybridized carbons (Fsp3) is 0.0408. The van der Waals surface area contributed by atoms with Gasteiger partial charge in [0.25, 0.3) is 0 Å². The average molecular weight is 667 g/mol. The van der Waals surface area contributed by atoms with Crippen molar-refractivity contribution in [1.29, 1.82) is 0 Å². The van der Waals surface area contributed by atoms with Crippen molar-refractivity contribution in [3.63, 3.8) is 0 Å². The average Bonchev–Trinajstić information content (AvgIpc) is 3.71. The number of carbonyl (C=O) groups excluding carboxylic acids is 1. The molecule has 0 saturated carbocycles. The summed E-state index contributed by atoms with van der Waals surface area (Å²) in [5, 5.41) is 0. The van der Waals surface area contributed by atoms with Gasteiger partial charge in [0.2, 0.25) is 0 Å². The van der Waals surface area contributed by atoms with Gasteiger partial charge < -0.3 is 9.80 Å². The van der Waals surface area contributed by atoms with Gasteiger partial charge in [0.1, 0.15) is 0 Å². The highest BCUT2D eigenvalue weighted by atomic mass is 16.1. The number of hydrogen-bond acceptors (Lipinski definition) is 3. The summed E-state index contributed by atoms with van der Waals surface area (Å²) in [5.74, 6) is 0.281. The van der Waals surface area contributed by atoms with Crippen molar-refractivity contribution in [2.75, 3.05) is 9.80 Å². The van der Waals surface area contributed by atoms with E-state index in [0.717, 1.165) is 50.7 Å². The molecule has 7 aromatic carbocycles. The molecule has 2 atom stereocenters. The maximum Gasteiger partial charge on any atom is 0.196 e. The van der Waals surface area contributed by atoms with E-state index >= 15 is 0 Å². The van der Waals surface area contributed by atoms with Crippen LogP contribution >= 0.6 is 0 Å². The van der Waals surface area contributed by atoms with E-state index in [2.05, 4.69) is 186 Å². The molecule has 0 N–H and O–H groups in total. The van der Waals surface area contributed by atoms with Crippen LogP contribution in [0.25, 0.3) is 33.4 Å². The molecule has 0 radical (unpaired) electrons. The largest absolute Gasteiger partial charge is 0.333 e. The van der Waals surface area contributed by atoms with Crippen molar-refractivity contribution in [2.45, 2.75) is 12.0 Å². The Hall–Kier alpha value is -6.71. The van der Waals surface area contributed by atoms with E-state index in [0.29, 0.717) is 0 Å². The minimum absolute atomic E-state index is 0.0843. The third kappa shape index (κ3) is 4.85. The van der Waals surface area contributed by atoms with Crippen molar-refractivity contribution in [1.82, 2.24) is 0 Å². The van der Waals surface area contributed by atoms with Crippen molar-refractivity contribution in [3.8, 4) is 33.4 Å². The lowest BCUT2D eigenvalue weighted by Crippen LogP contribution is -2.29. The molecular weight excluding hydrogens is 633 g/mol. The fourth-order valence-corrected chi connectivity index (χ4v) is 8.30. The second-order valence-corrected chi connectivity index (χ2v) is 13.6. The van der Waals surface area contributed by atoms with Gasteiger partial charge in [0.05, 0.1) is 17.3 Å². The van der Waals surface area contributed by atoms with Crippen LogP contribution < -0.4 is 9.80 Å². The van der Waals surface area contributed by atoms with E-state index in [1.165, 1.54) is 27.8 Å². The topological polar surface area (TPSA) is 23.6 Å². The molecule has 3 heteroatoms. The molecule has 246 valence electrons. The number of carbonyl (C=O) groups is 1. The normalized spacial score (nSPS) is 16.3. The molecule has 2 unspecified atom stereocenters. The molecule has 1 heterocycles. The number of hydrogen-bond donors (Lipinski definition) is 0. The van der Waals surface area contributed by atoms with Crippen molar-refractivity contribution in [2.24, 2.45) is 0 Å². The van der Waals surface area contributed by atoms with Crippen LogP contribution in [0.1, 0.15) is 27.4 Å². The van der Waals surface area contributed by atoms with Gasteiger partial charge >= 0.3 is 0 Å². The van der Waals surface area contributed by atoms with Gasteiger partial charge in [-0.15, -0.1) is 0 Å². The molecular formula is C49H34N2O. The Morgan fingerprint density at radius 1 is 0.442 bits per heavy atom. The molecule has 0 amide bonds. The van der Waals surface area contributed by atoms with Crippen molar-refractivity contribution >= 4 is 34.2 Å². The van der Waals surface area contributed by atoms with Crippen LogP contribution in [0.5, 0.6) is 0 Å². The number of anilines is 5. The zero-order chi connectivity index (χ0) is 34.6. The second kappa shape index (κ2) is 12.3. The SMILES string of the molecule is O=C1c2ccccc2-c2ccc3c(c21)N(c1ccc(N(c2ccc(-c4ccccc4)cc2)c2ccc(-c4ccccc4)cc2)cc1)C1C=CC=CC31. The van der Waals surface area contributed by atoms with Crippen LogP contribution in [0.3, 0.4) is 0 Å². The lowest BCUT2D eigenvalue weighted by Gasteiger charge is -2.31. The third-order valence-electron chi connectivity index (χ3n) is 10.8. The Labute approximate surface area is 304 Å². The number of fused-ring (bicyclic) bond motifs is 7. The molecule has 3 nitrogen and oxygen atoms in total. The zero-order valence-corrected chi connectivity index (χ0v) is 28.4. The molecule has 10 rings (SSSR count). The third-order valence-corrected chi connectivity index (χ3v) is 10.8. The molecule has 7 aromatic rings. The summed E-state index contributed by atoms with van der Waals surface area (Å²) >= 11 is 0. The van der Waals surface area contributed by atoms with Gasteiger partial charge in [-0.1, -0.05) is 146 Å². The van der Waals surface area contributed by atoms with E-state index in [1.807, 2.05) is 18.2 Å². The Morgan fingerprint density at radius 3 is 1.54 bits per heavy atom. The van der Waals surface area contributed by atoms with Crippen molar-refractivity contribution < 1.29 is 4.79 Å². The van der Waals surface area contributed by atoms with Crippen LogP contribution in [-0.2, 0) is 0 Å². The van der Waals surface area contributed by atoms with Crippen LogP contribution in [0.2, 0.25) is 0 Å². The summed E-state index contributed by atoms with van der Waals surface area (Å²) in [6.07, 6.45) is 8.81. The summed E-state index contributed by atoms with van der Waals surface area (Å²) in [4.78, 5) is 18.8. The van der Waals surface area contributed by atoms with Gasteiger partial charge in [-0.3, -0.25) is 4.79 Å². The van der Waals surface area contributed by atoms with Gasteiger partial charge in [-0.25, -0.2) is 0 Å². The highest BCUT2D eigenvalue weighted by molar-refractivity contribution is 6.25. The Balaban J connectivity index is 1.06. The lowest BCUT2D eigenvalue weighted by atomic mass is 9.90. The number of rotatable bonds is 6. The molecule has 0 spiro atoms. The Kier molecular flexibility index (Phi) is 7.10. The predicted molar refractivity (Wildman–Crippen MR) is 214 cm³/mol. The lowest BCUT2D eigenvalue weighted by molar-refractivity contribution is 0.104. The molecule has 2 aliphatic carbocycles. The molecule has 0 bridgehead atoms. The van der Waals surface area contributed by atoms with E-state index in [1.54, 1.807) is 0 Å². The highest BCUT2D eigenvalue weighted by Crippen LogP contribution is 2.54. The monoisotopic (exact) mass is 666 g/mol. The van der Waals surface area contributed by atoms with E-state index < -0.39 is 0 Å². The van der Waals surface area contributed by atoms with Gasteiger partial charge in [0, 0.05) is 34.2 Å². The molecule has 0 aromatic heterocycles. The minimum atomic E-state index is 0.0843. The molecule has 0 saturated heterocycles. The molecule has 3 aliphatic rings. The quantitative estimate of drug-likeness (QED) is 0.176. The number of allylic oxidation sites excluding steroid dienone is 2. The van der Waals surface area contributed by atoms with E-state index in [9.17, 15) is 4.79 Å². The first-order valence-electron chi connectivity index (χ1n) is 17.9. The number of benzene rings is 7. The maximum atomic E-state index is 14.0. The first kappa shape index (κ1) is 30.1. The van der Waals surface area contributed by atoms with Crippen molar-refractivity contribution in [3.05, 3.63) is 211 Å². The molecule has 0 fully saturated rings. The number of nitrogens with zero attached hydrogens (tertiary/aromatic N) is 2. The summed E-state index contributed by atoms with van der Waals surface area (Å²) in [5.41, 5.74) is 14.9. The fourth-order valence-electron chi connectivity index (χ4n) is 8.30. The maximum absolute atomic E-state index is 14.0. The van der Waals surface area contributed by atoms with Gasteiger partial charge in [-0.05, 0) is 87.5 Å².